The van der Waals surface area contributed by atoms with Crippen LogP contribution >= 0.6 is 0 Å². The number of aromatic hydroxyl groups is 2. The molecule has 0 atom stereocenters. The molecular formula is C14H14O4Pd+2. The minimum atomic E-state index is 0. The monoisotopic (exact) mass is 352 g/mol. The molecule has 0 aliphatic rings. The molecule has 0 spiro atoms. The van der Waals surface area contributed by atoms with Crippen molar-refractivity contribution in [3.8, 4) is 11.5 Å². The zero-order chi connectivity index (χ0) is 13.4. The Morgan fingerprint density at radius 1 is 0.684 bits per heavy atom. The summed E-state index contributed by atoms with van der Waals surface area (Å²) in [6.07, 6.45) is 1.74. The van der Waals surface area contributed by atoms with E-state index in [4.69, 9.17) is 19.8 Å². The topological polar surface area (TPSA) is 83.3 Å². The van der Waals surface area contributed by atoms with E-state index in [-0.39, 0.29) is 31.9 Å². The van der Waals surface area contributed by atoms with E-state index in [9.17, 15) is 0 Å². The van der Waals surface area contributed by atoms with Gasteiger partial charge in [-0.25, -0.2) is 0 Å². The number of rotatable bonds is 2. The second-order valence-electron chi connectivity index (χ2n) is 3.38. The van der Waals surface area contributed by atoms with Crippen LogP contribution in [-0.4, -0.2) is 32.4 Å². The summed E-state index contributed by atoms with van der Waals surface area (Å²) in [6, 6.07) is 13.1. The molecule has 5 heteroatoms. The van der Waals surface area contributed by atoms with Gasteiger partial charge in [0.2, 0.25) is 0 Å². The molecule has 0 fully saturated rings. The third kappa shape index (κ3) is 5.47. The fourth-order valence-electron chi connectivity index (χ4n) is 1.19. The van der Waals surface area contributed by atoms with E-state index in [1.807, 2.05) is 0 Å². The van der Waals surface area contributed by atoms with Gasteiger partial charge in [-0.1, -0.05) is 24.3 Å². The molecule has 0 amide bonds. The fraction of sp³-hybridized carbons (Fsp3) is 0. The molecule has 4 nitrogen and oxygen atoms in total. The molecule has 2 rings (SSSR count). The number of para-hydroxylation sites is 2. The summed E-state index contributed by atoms with van der Waals surface area (Å²) >= 11 is 0. The van der Waals surface area contributed by atoms with Crippen molar-refractivity contribution in [2.75, 3.05) is 0 Å². The standard InChI is InChI=1S/2C7H6O2.Pd/c2*8-5-6-3-1-2-4-7(6)9;/h2*1-5,9H;/p+2. The molecule has 2 aromatic rings. The molecule has 2 aromatic carbocycles. The van der Waals surface area contributed by atoms with Crippen molar-refractivity contribution in [3.63, 3.8) is 0 Å². The maximum Gasteiger partial charge on any atom is 0.316 e. The van der Waals surface area contributed by atoms with Crippen molar-refractivity contribution >= 4 is 12.6 Å². The van der Waals surface area contributed by atoms with E-state index in [2.05, 4.69) is 0 Å². The third-order valence-electron chi connectivity index (χ3n) is 2.15. The van der Waals surface area contributed by atoms with Gasteiger partial charge in [-0.3, -0.25) is 9.59 Å². The summed E-state index contributed by atoms with van der Waals surface area (Å²) in [4.78, 5) is 16.9. The smallest absolute Gasteiger partial charge is 0.316 e. The van der Waals surface area contributed by atoms with Crippen LogP contribution in [0.25, 0.3) is 0 Å². The second-order valence-corrected chi connectivity index (χ2v) is 3.38. The van der Waals surface area contributed by atoms with Crippen LogP contribution in [-0.2, 0) is 20.4 Å². The molecule has 0 unspecified atom stereocenters. The van der Waals surface area contributed by atoms with Crippen LogP contribution in [0.4, 0.5) is 0 Å². The quantitative estimate of drug-likeness (QED) is 0.491. The number of carbonyl (C=O) groups excluding carboxylic acids is 2. The minimum absolute atomic E-state index is 0. The Bertz CT molecular complexity index is 491. The Morgan fingerprint density at radius 3 is 1.21 bits per heavy atom. The zero-order valence-electron chi connectivity index (χ0n) is 9.88. The van der Waals surface area contributed by atoms with Crippen LogP contribution in [0.1, 0.15) is 11.1 Å². The summed E-state index contributed by atoms with van der Waals surface area (Å²) in [5, 5.41) is 17.8. The number of hydrogen-bond donors (Lipinski definition) is 2. The molecule has 0 bridgehead atoms. The van der Waals surface area contributed by atoms with Gasteiger partial charge >= 0.3 is 12.6 Å². The molecule has 0 saturated carbocycles. The maximum absolute atomic E-state index is 8.92. The second kappa shape index (κ2) is 9.04. The van der Waals surface area contributed by atoms with E-state index in [0.29, 0.717) is 11.1 Å². The average Bonchev–Trinajstić information content (AvgIpc) is 2.41. The molecule has 4 N–H and O–H groups in total. The van der Waals surface area contributed by atoms with Crippen molar-refractivity contribution in [2.24, 2.45) is 0 Å². The van der Waals surface area contributed by atoms with E-state index in [0.717, 1.165) is 12.6 Å². The molecule has 0 saturated heterocycles. The van der Waals surface area contributed by atoms with Crippen LogP contribution < -0.4 is 0 Å². The summed E-state index contributed by atoms with van der Waals surface area (Å²) in [5.74, 6) is 0.194. The van der Waals surface area contributed by atoms with E-state index >= 15 is 0 Å². The third-order valence-corrected chi connectivity index (χ3v) is 2.15. The average molecular weight is 353 g/mol. The van der Waals surface area contributed by atoms with Gasteiger partial charge in [-0.15, -0.1) is 0 Å². The first-order valence-electron chi connectivity index (χ1n) is 5.20. The fourth-order valence-corrected chi connectivity index (χ4v) is 1.19. The van der Waals surface area contributed by atoms with Crippen LogP contribution in [0, 0.1) is 0 Å². The predicted octanol–water partition coefficient (Wildman–Crippen LogP) is 1.83. The summed E-state index contributed by atoms with van der Waals surface area (Å²) < 4.78 is 0. The molecule has 0 heterocycles. The van der Waals surface area contributed by atoms with Gasteiger partial charge < -0.3 is 10.2 Å². The summed E-state index contributed by atoms with van der Waals surface area (Å²) in [6.45, 7) is 0. The van der Waals surface area contributed by atoms with Gasteiger partial charge in [0.25, 0.3) is 0 Å². The number of phenols is 2. The van der Waals surface area contributed by atoms with Crippen molar-refractivity contribution in [1.82, 2.24) is 0 Å². The Hall–Kier alpha value is -1.96. The molecule has 19 heavy (non-hydrogen) atoms. The van der Waals surface area contributed by atoms with Crippen LogP contribution in [0.3, 0.4) is 0 Å². The summed E-state index contributed by atoms with van der Waals surface area (Å²) in [5.41, 5.74) is 0.884. The number of benzene rings is 2. The van der Waals surface area contributed by atoms with Crippen LogP contribution in [0.2, 0.25) is 0 Å². The predicted molar refractivity (Wildman–Crippen MR) is 70.4 cm³/mol. The van der Waals surface area contributed by atoms with Crippen molar-refractivity contribution in [3.05, 3.63) is 59.7 Å². The molecule has 0 radical (unpaired) electrons. The van der Waals surface area contributed by atoms with Crippen LogP contribution in [0.5, 0.6) is 11.5 Å². The molecule has 0 aliphatic carbocycles. The largest absolute Gasteiger partial charge is 0.507 e. The van der Waals surface area contributed by atoms with E-state index in [1.165, 1.54) is 12.1 Å². The van der Waals surface area contributed by atoms with Gasteiger partial charge in [-0.2, -0.15) is 0 Å². The van der Waals surface area contributed by atoms with Crippen molar-refractivity contribution < 1.29 is 40.2 Å². The number of aldehydes is 2. The van der Waals surface area contributed by atoms with E-state index < -0.39 is 0 Å². The van der Waals surface area contributed by atoms with Gasteiger partial charge in [-0.05, 0) is 24.3 Å². The number of hydrogen-bond acceptors (Lipinski definition) is 2. The molecule has 102 valence electrons. The normalized spacial score (nSPS) is 8.42. The SMILES string of the molecule is Oc1ccccc1C=[OH+].Oc1ccccc1C=[OH+].[Pd]. The first kappa shape index (κ1) is 17.0. The Labute approximate surface area is 124 Å². The van der Waals surface area contributed by atoms with E-state index in [1.54, 1.807) is 36.4 Å². The van der Waals surface area contributed by atoms with Crippen molar-refractivity contribution in [2.45, 2.75) is 0 Å². The zero-order valence-corrected chi connectivity index (χ0v) is 11.4. The van der Waals surface area contributed by atoms with Gasteiger partial charge in [0.15, 0.2) is 0 Å². The van der Waals surface area contributed by atoms with Gasteiger partial charge in [0.05, 0.1) is 0 Å². The minimum Gasteiger partial charge on any atom is -0.507 e. The summed E-state index contributed by atoms with van der Waals surface area (Å²) in [7, 11) is 0. The Balaban J connectivity index is 0.000000324. The molecule has 0 aromatic heterocycles. The maximum atomic E-state index is 8.92. The number of phenolic OH excluding ortho intramolecular Hbond substituents is 2. The molecular weight excluding hydrogens is 339 g/mol. The first-order valence-corrected chi connectivity index (χ1v) is 5.20. The Morgan fingerprint density at radius 2 is 1.00 bits per heavy atom. The van der Waals surface area contributed by atoms with Gasteiger partial charge in [0.1, 0.15) is 22.6 Å². The Kier molecular flexibility index (Phi) is 8.11. The van der Waals surface area contributed by atoms with Crippen LogP contribution in [0.15, 0.2) is 48.5 Å². The molecule has 0 aliphatic heterocycles. The first-order chi connectivity index (χ1) is 8.69. The van der Waals surface area contributed by atoms with Crippen molar-refractivity contribution in [1.29, 1.82) is 0 Å². The van der Waals surface area contributed by atoms with Gasteiger partial charge in [0, 0.05) is 20.4 Å².